The van der Waals surface area contributed by atoms with Crippen LogP contribution in [0.5, 0.6) is 0 Å². The van der Waals surface area contributed by atoms with Crippen LogP contribution in [0.4, 0.5) is 0 Å². The van der Waals surface area contributed by atoms with Gasteiger partial charge < -0.3 is 0 Å². The van der Waals surface area contributed by atoms with Crippen LogP contribution in [0.25, 0.3) is 0 Å². The molecule has 36 valence electrons. The van der Waals surface area contributed by atoms with Crippen LogP contribution >= 0.6 is 7.26 Å². The molecule has 0 spiro atoms. The van der Waals surface area contributed by atoms with Crippen molar-refractivity contribution in [2.45, 2.75) is 0 Å². The van der Waals surface area contributed by atoms with Crippen molar-refractivity contribution in [3.8, 4) is 0 Å². The van der Waals surface area contributed by atoms with Gasteiger partial charge >= 0.3 is 0 Å². The first-order chi connectivity index (χ1) is 2.56. The summed E-state index contributed by atoms with van der Waals surface area (Å²) in [5.41, 5.74) is 0. The van der Waals surface area contributed by atoms with Crippen LogP contribution in [-0.2, 0) is 4.79 Å². The van der Waals surface area contributed by atoms with Gasteiger partial charge in [-0.3, -0.25) is 4.79 Å². The number of hydrogen-bond donors (Lipinski definition) is 0. The minimum absolute atomic E-state index is 1.05. The number of carbonyl (C=O) groups is 1. The van der Waals surface area contributed by atoms with Crippen LogP contribution < -0.4 is 0 Å². The fourth-order valence-electron chi connectivity index (χ4n) is 0. The molecule has 1 nitrogen and oxygen atoms in total. The predicted molar refractivity (Wildman–Crippen MR) is 31.4 cm³/mol. The topological polar surface area (TPSA) is 17.1 Å². The molecule has 0 aromatic heterocycles. The molecule has 0 fully saturated rings. The average Bonchev–Trinajstić information content (AvgIpc) is 1.35. The fourth-order valence-corrected chi connectivity index (χ4v) is 0. The Morgan fingerprint density at radius 2 is 1.50 bits per heavy atom. The molecule has 0 saturated heterocycles. The maximum Gasteiger partial charge on any atom is 0.255 e. The Morgan fingerprint density at radius 3 is 1.50 bits per heavy atom. The summed E-state index contributed by atoms with van der Waals surface area (Å²) in [5.74, 6) is 0. The normalized spacial score (nSPS) is 11.2. The van der Waals surface area contributed by atoms with Crippen molar-refractivity contribution in [3.63, 3.8) is 0 Å². The predicted octanol–water partition coefficient (Wildman–Crippen LogP) is 1.08. The molecule has 0 unspecified atom stereocenters. The Bertz CT molecular complexity index is 53.1. The van der Waals surface area contributed by atoms with Crippen LogP contribution in [-0.4, -0.2) is 26.0 Å². The summed E-state index contributed by atoms with van der Waals surface area (Å²) in [6.45, 7) is 5.96. The second kappa shape index (κ2) is 1.70. The molecule has 0 aliphatic heterocycles. The summed E-state index contributed by atoms with van der Waals surface area (Å²) in [4.78, 5) is 9.88. The first kappa shape index (κ1) is 6.10. The third-order valence-electron chi connectivity index (χ3n) is 0.316. The molecule has 0 aromatic carbocycles. The fraction of sp³-hybridized carbons (Fsp3) is 0.750. The Labute approximate surface area is 39.1 Å². The lowest BCUT2D eigenvalue weighted by Gasteiger charge is -1.95. The van der Waals surface area contributed by atoms with Gasteiger partial charge in [0.1, 0.15) is 0 Å². The van der Waals surface area contributed by atoms with E-state index >= 15 is 0 Å². The van der Waals surface area contributed by atoms with Gasteiger partial charge in [0.05, 0.1) is 27.3 Å². The summed E-state index contributed by atoms with van der Waals surface area (Å²) < 4.78 is 0. The maximum atomic E-state index is 9.88. The van der Waals surface area contributed by atoms with Crippen LogP contribution in [0.1, 0.15) is 0 Å². The van der Waals surface area contributed by atoms with E-state index in [0.29, 0.717) is 0 Å². The van der Waals surface area contributed by atoms with E-state index in [1.54, 1.807) is 0 Å². The summed E-state index contributed by atoms with van der Waals surface area (Å²) in [6.07, 6.45) is 0. The molecule has 0 N–H and O–H groups in total. The highest BCUT2D eigenvalue weighted by atomic mass is 31.2. The molecule has 0 aliphatic carbocycles. The highest BCUT2D eigenvalue weighted by molar-refractivity contribution is 7.87. The lowest BCUT2D eigenvalue weighted by Crippen LogP contribution is -1.81. The number of rotatable bonds is 1. The molecule has 0 rings (SSSR count). The quantitative estimate of drug-likeness (QED) is 0.360. The maximum absolute atomic E-state index is 9.88. The first-order valence-corrected chi connectivity index (χ1v) is 5.04. The van der Waals surface area contributed by atoms with E-state index in [1.165, 1.54) is 0 Å². The molecule has 0 atom stereocenters. The van der Waals surface area contributed by atoms with Gasteiger partial charge in [0.15, 0.2) is 0 Å². The van der Waals surface area contributed by atoms with Crippen LogP contribution in [0.3, 0.4) is 0 Å². The van der Waals surface area contributed by atoms with E-state index in [9.17, 15) is 4.79 Å². The second-order valence-corrected chi connectivity index (χ2v) is 6.66. The van der Waals surface area contributed by atoms with Crippen molar-refractivity contribution in [2.75, 3.05) is 20.0 Å². The lowest BCUT2D eigenvalue weighted by atomic mass is 11.8. The van der Waals surface area contributed by atoms with E-state index in [-0.39, 0.29) is 0 Å². The van der Waals surface area contributed by atoms with Crippen LogP contribution in [0.15, 0.2) is 0 Å². The summed E-state index contributed by atoms with van der Waals surface area (Å²) in [6, 6.07) is 1.05. The molecule has 0 aliphatic rings. The van der Waals surface area contributed by atoms with E-state index in [4.69, 9.17) is 0 Å². The van der Waals surface area contributed by atoms with Gasteiger partial charge in [-0.1, -0.05) is 0 Å². The number of carbonyl (C=O) groups excluding carboxylic acids is 1. The Hall–Kier alpha value is 0.100. The van der Waals surface area contributed by atoms with Crippen LogP contribution in [0, 0.1) is 0 Å². The van der Waals surface area contributed by atoms with Gasteiger partial charge in [-0.25, -0.2) is 0 Å². The Kier molecular flexibility index (Phi) is 1.73. The third kappa shape index (κ3) is 4.10. The largest absolute Gasteiger partial charge is 0.257 e. The van der Waals surface area contributed by atoms with Crippen molar-refractivity contribution in [2.24, 2.45) is 0 Å². The molecule has 2 heteroatoms. The molecule has 0 amide bonds. The minimum atomic E-state index is -1.08. The summed E-state index contributed by atoms with van der Waals surface area (Å²) >= 11 is 0. The minimum Gasteiger partial charge on any atom is -0.257 e. The summed E-state index contributed by atoms with van der Waals surface area (Å²) in [5, 5.41) is 0. The summed E-state index contributed by atoms with van der Waals surface area (Å²) in [7, 11) is -1.08. The molecule has 0 radical (unpaired) electrons. The molecular formula is C4H10OP+. The highest BCUT2D eigenvalue weighted by Crippen LogP contribution is 2.41. The van der Waals surface area contributed by atoms with Gasteiger partial charge in [0.25, 0.3) is 6.03 Å². The third-order valence-corrected chi connectivity index (χ3v) is 0.949. The standard InChI is InChI=1S/C4H10OP/c1-6(2,3)4-5/h4H,1-3H3/q+1. The van der Waals surface area contributed by atoms with E-state index < -0.39 is 7.26 Å². The van der Waals surface area contributed by atoms with Crippen LogP contribution in [0.2, 0.25) is 0 Å². The molecule has 6 heavy (non-hydrogen) atoms. The lowest BCUT2D eigenvalue weighted by molar-refractivity contribution is 0.569. The molecule has 0 heterocycles. The molecule has 0 aromatic rings. The number of hydrogen-bond acceptors (Lipinski definition) is 1. The molecular weight excluding hydrogens is 95.0 g/mol. The van der Waals surface area contributed by atoms with Crippen molar-refractivity contribution in [1.82, 2.24) is 0 Å². The zero-order valence-corrected chi connectivity index (χ0v) is 5.33. The SMILES string of the molecule is C[P+](C)(C)C=O. The zero-order valence-electron chi connectivity index (χ0n) is 4.43. The van der Waals surface area contributed by atoms with Crippen molar-refractivity contribution < 1.29 is 4.79 Å². The van der Waals surface area contributed by atoms with Gasteiger partial charge in [0, 0.05) is 0 Å². The Balaban J connectivity index is 3.45. The van der Waals surface area contributed by atoms with E-state index in [0.717, 1.165) is 6.03 Å². The smallest absolute Gasteiger partial charge is 0.255 e. The van der Waals surface area contributed by atoms with Crippen molar-refractivity contribution >= 4 is 13.3 Å². The van der Waals surface area contributed by atoms with Gasteiger partial charge in [-0.2, -0.15) is 0 Å². The first-order valence-electron chi connectivity index (χ1n) is 1.84. The molecule has 0 bridgehead atoms. The monoisotopic (exact) mass is 105 g/mol. The van der Waals surface area contributed by atoms with Crippen molar-refractivity contribution in [3.05, 3.63) is 0 Å². The highest BCUT2D eigenvalue weighted by Gasteiger charge is 2.13. The van der Waals surface area contributed by atoms with Crippen molar-refractivity contribution in [1.29, 1.82) is 0 Å². The van der Waals surface area contributed by atoms with Gasteiger partial charge in [0.2, 0.25) is 0 Å². The molecule has 0 saturated carbocycles. The van der Waals surface area contributed by atoms with E-state index in [2.05, 4.69) is 0 Å². The average molecular weight is 105 g/mol. The zero-order chi connectivity index (χ0) is 5.21. The van der Waals surface area contributed by atoms with E-state index in [1.807, 2.05) is 20.0 Å². The second-order valence-electron chi connectivity index (χ2n) is 2.22. The van der Waals surface area contributed by atoms with Gasteiger partial charge in [-0.05, 0) is 0 Å². The van der Waals surface area contributed by atoms with Gasteiger partial charge in [-0.15, -0.1) is 0 Å². The Morgan fingerprint density at radius 1 is 1.33 bits per heavy atom.